The highest BCUT2D eigenvalue weighted by Crippen LogP contribution is 2.37. The average Bonchev–Trinajstić information content (AvgIpc) is 3.62. The first-order chi connectivity index (χ1) is 18.5. The van der Waals surface area contributed by atoms with Gasteiger partial charge < -0.3 is 9.80 Å². The summed E-state index contributed by atoms with van der Waals surface area (Å²) in [7, 11) is 4.29. The van der Waals surface area contributed by atoms with Gasteiger partial charge in [0.25, 0.3) is 0 Å². The van der Waals surface area contributed by atoms with E-state index in [4.69, 9.17) is 16.5 Å². The van der Waals surface area contributed by atoms with Gasteiger partial charge in [-0.15, -0.1) is 0 Å². The van der Waals surface area contributed by atoms with Crippen LogP contribution in [-0.4, -0.2) is 69.9 Å². The fourth-order valence-corrected chi connectivity index (χ4v) is 5.52. The third-order valence-electron chi connectivity index (χ3n) is 7.66. The predicted octanol–water partition coefficient (Wildman–Crippen LogP) is 4.67. The molecular weight excluding hydrogens is 476 g/mol. The van der Waals surface area contributed by atoms with Crippen LogP contribution in [0.1, 0.15) is 25.7 Å². The van der Waals surface area contributed by atoms with E-state index in [2.05, 4.69) is 38.1 Å². The highest BCUT2D eigenvalue weighted by atomic mass is 16.2. The zero-order chi connectivity index (χ0) is 26.2. The Morgan fingerprint density at radius 1 is 1.00 bits per heavy atom. The number of piperidine rings is 1. The van der Waals surface area contributed by atoms with E-state index in [1.165, 1.54) is 0 Å². The molecule has 2 fully saturated rings. The molecular formula is C29H30N8O. The second kappa shape index (κ2) is 9.88. The lowest BCUT2D eigenvalue weighted by molar-refractivity contribution is -0.117. The number of amides is 1. The largest absolute Gasteiger partial charge is 0.342 e. The van der Waals surface area contributed by atoms with Gasteiger partial charge in [-0.2, -0.15) is 0 Å². The Labute approximate surface area is 222 Å². The number of pyridine rings is 1. The SMILES string of the molecule is [C-]#[N+]c1ccc(-c2nc(N3CCC(N(C)C)CC3)n3ccnc3c2-c2ccc(N3CCCC3=O)nc2)cc1. The molecule has 0 spiro atoms. The number of carbonyl (C=O) groups excluding carboxylic acids is 1. The van der Waals surface area contributed by atoms with Gasteiger partial charge in [0, 0.05) is 56.3 Å². The standard InChI is InChI=1S/C29H30N8O/c1-30-22-9-6-20(7-10-22)27-26(21-8-11-24(32-19-21)36-15-4-5-25(36)38)28-31-14-18-37(28)29(33-27)35-16-12-23(13-17-35)34(2)3/h6-11,14,18-19,23H,4-5,12-13,15-17H2,2-3H3. The third-order valence-corrected chi connectivity index (χ3v) is 7.66. The Hall–Kier alpha value is -4.29. The Morgan fingerprint density at radius 2 is 1.76 bits per heavy atom. The predicted molar refractivity (Wildman–Crippen MR) is 148 cm³/mol. The zero-order valence-electron chi connectivity index (χ0n) is 21.7. The first-order valence-electron chi connectivity index (χ1n) is 13.1. The summed E-state index contributed by atoms with van der Waals surface area (Å²) in [6, 6.07) is 12.0. The number of anilines is 2. The third kappa shape index (κ3) is 4.27. The van der Waals surface area contributed by atoms with E-state index in [0.29, 0.717) is 30.5 Å². The molecule has 2 saturated heterocycles. The van der Waals surface area contributed by atoms with E-state index < -0.39 is 0 Å². The van der Waals surface area contributed by atoms with Crippen molar-refractivity contribution >= 4 is 29.0 Å². The van der Waals surface area contributed by atoms with Gasteiger partial charge in [0.15, 0.2) is 5.69 Å². The molecule has 0 radical (unpaired) electrons. The van der Waals surface area contributed by atoms with Gasteiger partial charge in [-0.3, -0.25) is 14.1 Å². The molecule has 1 amide bonds. The lowest BCUT2D eigenvalue weighted by Crippen LogP contribution is -2.43. The topological polar surface area (TPSA) is 74.2 Å². The van der Waals surface area contributed by atoms with Gasteiger partial charge in [-0.1, -0.05) is 24.3 Å². The Bertz CT molecular complexity index is 1510. The summed E-state index contributed by atoms with van der Waals surface area (Å²) in [5.74, 6) is 1.66. The summed E-state index contributed by atoms with van der Waals surface area (Å²) in [5.41, 5.74) is 4.87. The summed E-state index contributed by atoms with van der Waals surface area (Å²) in [4.78, 5) is 36.9. The van der Waals surface area contributed by atoms with Crippen molar-refractivity contribution in [1.82, 2.24) is 24.3 Å². The van der Waals surface area contributed by atoms with Crippen molar-refractivity contribution in [3.05, 3.63) is 66.4 Å². The molecule has 0 unspecified atom stereocenters. The summed E-state index contributed by atoms with van der Waals surface area (Å²) in [6.07, 6.45) is 9.16. The van der Waals surface area contributed by atoms with Crippen LogP contribution in [0, 0.1) is 6.57 Å². The van der Waals surface area contributed by atoms with E-state index in [9.17, 15) is 4.79 Å². The van der Waals surface area contributed by atoms with E-state index >= 15 is 0 Å². The fraction of sp³-hybridized carbons (Fsp3) is 0.345. The molecule has 192 valence electrons. The van der Waals surface area contributed by atoms with Crippen LogP contribution in [-0.2, 0) is 4.79 Å². The minimum absolute atomic E-state index is 0.116. The first kappa shape index (κ1) is 24.1. The van der Waals surface area contributed by atoms with Crippen molar-refractivity contribution in [3.63, 3.8) is 0 Å². The highest BCUT2D eigenvalue weighted by molar-refractivity contribution is 5.95. The molecule has 5 heterocycles. The van der Waals surface area contributed by atoms with Crippen molar-refractivity contribution in [2.45, 2.75) is 31.7 Å². The quantitative estimate of drug-likeness (QED) is 0.367. The maximum atomic E-state index is 12.2. The van der Waals surface area contributed by atoms with E-state index in [1.807, 2.05) is 55.0 Å². The van der Waals surface area contributed by atoms with Gasteiger partial charge in [0.05, 0.1) is 17.8 Å². The number of carbonyl (C=O) groups is 1. The van der Waals surface area contributed by atoms with Crippen LogP contribution in [0.15, 0.2) is 55.0 Å². The number of fused-ring (bicyclic) bond motifs is 1. The number of benzene rings is 1. The first-order valence-corrected chi connectivity index (χ1v) is 13.1. The van der Waals surface area contributed by atoms with Crippen molar-refractivity contribution in [2.75, 3.05) is 43.5 Å². The summed E-state index contributed by atoms with van der Waals surface area (Å²) < 4.78 is 2.07. The number of hydrogen-bond donors (Lipinski definition) is 0. The lowest BCUT2D eigenvalue weighted by Gasteiger charge is -2.36. The average molecular weight is 507 g/mol. The molecule has 0 atom stereocenters. The molecule has 6 rings (SSSR count). The monoisotopic (exact) mass is 506 g/mol. The van der Waals surface area contributed by atoms with Gasteiger partial charge >= 0.3 is 0 Å². The van der Waals surface area contributed by atoms with Crippen molar-refractivity contribution in [3.8, 4) is 22.4 Å². The molecule has 3 aromatic heterocycles. The molecule has 9 heteroatoms. The molecule has 0 N–H and O–H groups in total. The maximum Gasteiger partial charge on any atom is 0.228 e. The molecule has 0 saturated carbocycles. The number of hydrogen-bond acceptors (Lipinski definition) is 6. The minimum atomic E-state index is 0.116. The van der Waals surface area contributed by atoms with Crippen LogP contribution in [0.2, 0.25) is 0 Å². The molecule has 4 aromatic rings. The second-order valence-corrected chi connectivity index (χ2v) is 10.2. The van der Waals surface area contributed by atoms with Gasteiger partial charge in [-0.05, 0) is 51.1 Å². The number of aromatic nitrogens is 4. The van der Waals surface area contributed by atoms with Gasteiger partial charge in [-0.25, -0.2) is 19.8 Å². The van der Waals surface area contributed by atoms with E-state index in [0.717, 1.165) is 66.3 Å². The molecule has 0 aliphatic carbocycles. The van der Waals surface area contributed by atoms with Crippen molar-refractivity contribution in [1.29, 1.82) is 0 Å². The summed E-state index contributed by atoms with van der Waals surface area (Å²) >= 11 is 0. The zero-order valence-corrected chi connectivity index (χ0v) is 21.7. The molecule has 2 aliphatic rings. The van der Waals surface area contributed by atoms with Crippen LogP contribution in [0.5, 0.6) is 0 Å². The van der Waals surface area contributed by atoms with Crippen LogP contribution >= 0.6 is 0 Å². The Kier molecular flexibility index (Phi) is 6.26. The van der Waals surface area contributed by atoms with Crippen molar-refractivity contribution < 1.29 is 4.79 Å². The Balaban J connectivity index is 1.47. The highest BCUT2D eigenvalue weighted by Gasteiger charge is 2.27. The maximum absolute atomic E-state index is 12.2. The van der Waals surface area contributed by atoms with Crippen molar-refractivity contribution in [2.24, 2.45) is 0 Å². The lowest BCUT2D eigenvalue weighted by atomic mass is 10.0. The second-order valence-electron chi connectivity index (χ2n) is 10.2. The molecule has 2 aliphatic heterocycles. The number of rotatable bonds is 5. The molecule has 1 aromatic carbocycles. The number of imidazole rings is 1. The molecule has 38 heavy (non-hydrogen) atoms. The van der Waals surface area contributed by atoms with Gasteiger partial charge in [0.2, 0.25) is 11.9 Å². The Morgan fingerprint density at radius 3 is 2.39 bits per heavy atom. The summed E-state index contributed by atoms with van der Waals surface area (Å²) in [5, 5.41) is 0. The van der Waals surface area contributed by atoms with Crippen LogP contribution < -0.4 is 9.80 Å². The molecule has 9 nitrogen and oxygen atoms in total. The minimum Gasteiger partial charge on any atom is -0.342 e. The number of nitrogens with zero attached hydrogens (tertiary/aromatic N) is 8. The van der Waals surface area contributed by atoms with E-state index in [1.54, 1.807) is 4.90 Å². The van der Waals surface area contributed by atoms with Gasteiger partial charge in [0.1, 0.15) is 11.5 Å². The summed E-state index contributed by atoms with van der Waals surface area (Å²) in [6.45, 7) is 9.89. The van der Waals surface area contributed by atoms with Crippen LogP contribution in [0.3, 0.4) is 0 Å². The van der Waals surface area contributed by atoms with E-state index in [-0.39, 0.29) is 5.91 Å². The molecule has 0 bridgehead atoms. The smallest absolute Gasteiger partial charge is 0.228 e. The fourth-order valence-electron chi connectivity index (χ4n) is 5.52. The van der Waals surface area contributed by atoms with Crippen LogP contribution in [0.25, 0.3) is 32.9 Å². The normalized spacial score (nSPS) is 16.5. The van der Waals surface area contributed by atoms with Crippen LogP contribution in [0.4, 0.5) is 17.5 Å².